The van der Waals surface area contributed by atoms with Crippen LogP contribution in [0.4, 0.5) is 5.69 Å². The molecule has 0 saturated carbocycles. The van der Waals surface area contributed by atoms with Gasteiger partial charge in [0, 0.05) is 71.7 Å². The minimum atomic E-state index is 0.00707. The van der Waals surface area contributed by atoms with E-state index in [-0.39, 0.29) is 12.5 Å². The molecule has 1 aromatic rings. The third kappa shape index (κ3) is 7.27. The van der Waals surface area contributed by atoms with Gasteiger partial charge in [-0.15, -0.1) is 0 Å². The van der Waals surface area contributed by atoms with Gasteiger partial charge in [-0.1, -0.05) is 6.07 Å². The second kappa shape index (κ2) is 12.5. The zero-order valence-electron chi connectivity index (χ0n) is 19.8. The number of morpholine rings is 1. The van der Waals surface area contributed by atoms with Crippen molar-refractivity contribution in [2.75, 3.05) is 98.2 Å². The Morgan fingerprint density at radius 2 is 1.91 bits per heavy atom. The maximum absolute atomic E-state index is 12.1. The molecule has 0 radical (unpaired) electrons. The second-order valence-electron chi connectivity index (χ2n) is 8.34. The lowest BCUT2D eigenvalue weighted by Gasteiger charge is -2.38. The van der Waals surface area contributed by atoms with Gasteiger partial charge in [0.15, 0.2) is 5.96 Å². The number of ether oxygens (including phenoxy) is 2. The van der Waals surface area contributed by atoms with Crippen molar-refractivity contribution in [2.45, 2.75) is 6.42 Å². The van der Waals surface area contributed by atoms with E-state index in [0.29, 0.717) is 0 Å². The smallest absolute Gasteiger partial charge is 0.243 e. The molecule has 1 N–H and O–H groups in total. The molecule has 3 rings (SSSR count). The lowest BCUT2D eigenvalue weighted by molar-refractivity contribution is -0.127. The number of rotatable bonds is 8. The summed E-state index contributed by atoms with van der Waals surface area (Å²) in [5.41, 5.74) is 1.17. The molecule has 0 aliphatic carbocycles. The van der Waals surface area contributed by atoms with Crippen molar-refractivity contribution in [3.8, 4) is 5.75 Å². The number of hydrogen-bond acceptors (Lipinski definition) is 6. The van der Waals surface area contributed by atoms with Crippen LogP contribution in [0.1, 0.15) is 6.42 Å². The van der Waals surface area contributed by atoms with E-state index >= 15 is 0 Å². The first-order chi connectivity index (χ1) is 15.6. The second-order valence-corrected chi connectivity index (χ2v) is 8.34. The van der Waals surface area contributed by atoms with E-state index in [4.69, 9.17) is 9.47 Å². The summed E-state index contributed by atoms with van der Waals surface area (Å²) in [6.45, 7) is 9.18. The molecule has 178 valence electrons. The highest BCUT2D eigenvalue weighted by Crippen LogP contribution is 2.22. The number of carbonyl (C=O) groups excluding carboxylic acids is 1. The van der Waals surface area contributed by atoms with Crippen LogP contribution in [0.2, 0.25) is 0 Å². The van der Waals surface area contributed by atoms with Gasteiger partial charge in [-0.05, 0) is 25.1 Å². The topological polar surface area (TPSA) is 72.9 Å². The van der Waals surface area contributed by atoms with Crippen LogP contribution in [0.25, 0.3) is 0 Å². The fraction of sp³-hybridized carbons (Fsp3) is 0.652. The molecule has 32 heavy (non-hydrogen) atoms. The van der Waals surface area contributed by atoms with E-state index in [1.165, 1.54) is 5.69 Å². The molecular formula is C23H38N6O3. The van der Waals surface area contributed by atoms with E-state index < -0.39 is 0 Å². The monoisotopic (exact) mass is 446 g/mol. The molecule has 0 unspecified atom stereocenters. The van der Waals surface area contributed by atoms with Crippen LogP contribution in [-0.2, 0) is 9.53 Å². The summed E-state index contributed by atoms with van der Waals surface area (Å²) < 4.78 is 10.8. The van der Waals surface area contributed by atoms with Gasteiger partial charge in [-0.3, -0.25) is 9.69 Å². The fourth-order valence-corrected chi connectivity index (χ4v) is 3.86. The molecule has 1 aromatic carbocycles. The number of likely N-dealkylation sites (N-methyl/N-ethyl adjacent to an activating group) is 1. The van der Waals surface area contributed by atoms with Crippen LogP contribution >= 0.6 is 0 Å². The lowest BCUT2D eigenvalue weighted by Crippen LogP contribution is -2.53. The Labute approximate surface area is 191 Å². The van der Waals surface area contributed by atoms with Crippen LogP contribution in [0, 0.1) is 0 Å². The minimum absolute atomic E-state index is 0.00707. The van der Waals surface area contributed by atoms with E-state index in [9.17, 15) is 4.79 Å². The number of anilines is 1. The fourth-order valence-electron chi connectivity index (χ4n) is 3.86. The molecule has 2 saturated heterocycles. The Morgan fingerprint density at radius 3 is 2.59 bits per heavy atom. The van der Waals surface area contributed by atoms with Crippen LogP contribution in [0.15, 0.2) is 29.3 Å². The molecule has 2 fully saturated rings. The Morgan fingerprint density at radius 1 is 1.16 bits per heavy atom. The van der Waals surface area contributed by atoms with Gasteiger partial charge in [-0.25, -0.2) is 4.99 Å². The van der Waals surface area contributed by atoms with Crippen molar-refractivity contribution in [3.05, 3.63) is 24.3 Å². The molecule has 0 bridgehead atoms. The Kier molecular flexibility index (Phi) is 9.43. The molecule has 0 atom stereocenters. The highest BCUT2D eigenvalue weighted by molar-refractivity contribution is 5.85. The molecule has 0 aromatic heterocycles. The molecule has 2 heterocycles. The van der Waals surface area contributed by atoms with Gasteiger partial charge < -0.3 is 29.5 Å². The van der Waals surface area contributed by atoms with Crippen molar-refractivity contribution in [2.24, 2.45) is 4.99 Å². The number of methoxy groups -OCH3 is 1. The normalized spacial score (nSPS) is 17.9. The van der Waals surface area contributed by atoms with Gasteiger partial charge in [0.25, 0.3) is 0 Å². The summed E-state index contributed by atoms with van der Waals surface area (Å²) in [4.78, 5) is 25.4. The van der Waals surface area contributed by atoms with Crippen molar-refractivity contribution < 1.29 is 14.3 Å². The first kappa shape index (κ1) is 24.1. The van der Waals surface area contributed by atoms with Gasteiger partial charge in [-0.2, -0.15) is 0 Å². The Hall–Kier alpha value is -2.52. The SMILES string of the molecule is COc1cccc(N2CCN(C(=NCC(=O)N(C)C)NCCCN3CCOCC3)CC2)c1. The number of benzene rings is 1. The van der Waals surface area contributed by atoms with E-state index in [1.807, 2.05) is 12.1 Å². The van der Waals surface area contributed by atoms with Crippen molar-refractivity contribution in [1.29, 1.82) is 0 Å². The summed E-state index contributed by atoms with van der Waals surface area (Å²) in [7, 11) is 5.22. The third-order valence-electron chi connectivity index (χ3n) is 5.90. The number of hydrogen-bond donors (Lipinski definition) is 1. The number of nitrogens with zero attached hydrogens (tertiary/aromatic N) is 5. The van der Waals surface area contributed by atoms with Crippen LogP contribution in [0.3, 0.4) is 0 Å². The summed E-state index contributed by atoms with van der Waals surface area (Å²) >= 11 is 0. The van der Waals surface area contributed by atoms with Gasteiger partial charge >= 0.3 is 0 Å². The van der Waals surface area contributed by atoms with Crippen LogP contribution in [-0.4, -0.2) is 120 Å². The zero-order valence-corrected chi connectivity index (χ0v) is 19.8. The molecule has 2 aliphatic heterocycles. The summed E-state index contributed by atoms with van der Waals surface area (Å²) in [6.07, 6.45) is 1.03. The number of nitrogens with one attached hydrogen (secondary N) is 1. The maximum Gasteiger partial charge on any atom is 0.243 e. The van der Waals surface area contributed by atoms with Gasteiger partial charge in [0.05, 0.1) is 20.3 Å². The molecule has 1 amide bonds. The quantitative estimate of drug-likeness (QED) is 0.356. The number of piperazine rings is 1. The van der Waals surface area contributed by atoms with Crippen molar-refractivity contribution >= 4 is 17.6 Å². The van der Waals surface area contributed by atoms with E-state index in [0.717, 1.165) is 83.7 Å². The summed E-state index contributed by atoms with van der Waals surface area (Å²) in [6, 6.07) is 8.18. The number of amides is 1. The van der Waals surface area contributed by atoms with E-state index in [2.05, 4.69) is 37.1 Å². The van der Waals surface area contributed by atoms with Crippen molar-refractivity contribution in [1.82, 2.24) is 20.0 Å². The highest BCUT2D eigenvalue weighted by Gasteiger charge is 2.21. The summed E-state index contributed by atoms with van der Waals surface area (Å²) in [5.74, 6) is 1.71. The minimum Gasteiger partial charge on any atom is -0.497 e. The van der Waals surface area contributed by atoms with Gasteiger partial charge in [0.2, 0.25) is 5.91 Å². The molecule has 0 spiro atoms. The Bertz CT molecular complexity index is 743. The zero-order chi connectivity index (χ0) is 22.8. The lowest BCUT2D eigenvalue weighted by atomic mass is 10.2. The van der Waals surface area contributed by atoms with Crippen LogP contribution in [0.5, 0.6) is 5.75 Å². The van der Waals surface area contributed by atoms with E-state index in [1.54, 1.807) is 26.1 Å². The van der Waals surface area contributed by atoms with Crippen LogP contribution < -0.4 is 15.0 Å². The molecule has 2 aliphatic rings. The number of aliphatic imine (C=N–C) groups is 1. The third-order valence-corrected chi connectivity index (χ3v) is 5.90. The predicted molar refractivity (Wildman–Crippen MR) is 128 cm³/mol. The molecule has 9 heteroatoms. The number of guanidine groups is 1. The van der Waals surface area contributed by atoms with Gasteiger partial charge in [0.1, 0.15) is 12.3 Å². The number of carbonyl (C=O) groups is 1. The maximum atomic E-state index is 12.1. The summed E-state index contributed by atoms with van der Waals surface area (Å²) in [5, 5.41) is 3.50. The Balaban J connectivity index is 1.54. The molecular weight excluding hydrogens is 408 g/mol. The average molecular weight is 447 g/mol. The first-order valence-electron chi connectivity index (χ1n) is 11.5. The predicted octanol–water partition coefficient (Wildman–Crippen LogP) is 0.573. The molecule has 9 nitrogen and oxygen atoms in total. The average Bonchev–Trinajstić information content (AvgIpc) is 2.84. The largest absolute Gasteiger partial charge is 0.497 e. The standard InChI is InChI=1S/C23H38N6O3/c1-26(2)22(30)19-25-23(24-8-5-9-27-14-16-32-17-15-27)29-12-10-28(11-13-29)20-6-4-7-21(18-20)31-3/h4,6-7,18H,5,8-17,19H2,1-3H3,(H,24,25). The highest BCUT2D eigenvalue weighted by atomic mass is 16.5. The first-order valence-corrected chi connectivity index (χ1v) is 11.5. The van der Waals surface area contributed by atoms with Crippen molar-refractivity contribution in [3.63, 3.8) is 0 Å².